The van der Waals surface area contributed by atoms with E-state index < -0.39 is 0 Å². The molecule has 0 aliphatic rings. The fourth-order valence-corrected chi connectivity index (χ4v) is 1.94. The molecule has 1 nitrogen and oxygen atoms in total. The molecule has 0 unspecified atom stereocenters. The molecular weight excluding hydrogens is 232 g/mol. The van der Waals surface area contributed by atoms with Gasteiger partial charge in [-0.1, -0.05) is 61.2 Å². The molecule has 96 valence electrons. The number of carbonyl (C=O) groups excluding carboxylic acids is 1. The maximum absolute atomic E-state index is 11.6. The number of hydrogen-bond donors (Lipinski definition) is 0. The number of allylic oxidation sites excluding steroid dienone is 1. The highest BCUT2D eigenvalue weighted by molar-refractivity contribution is 5.95. The predicted octanol–water partition coefficient (Wildman–Crippen LogP) is 3.97. The minimum Gasteiger partial charge on any atom is -0.294 e. The van der Waals surface area contributed by atoms with Gasteiger partial charge in [-0.15, -0.1) is 0 Å². The van der Waals surface area contributed by atoms with E-state index in [-0.39, 0.29) is 5.78 Å². The van der Waals surface area contributed by atoms with Gasteiger partial charge in [-0.3, -0.25) is 4.79 Å². The van der Waals surface area contributed by atoms with Crippen LogP contribution < -0.4 is 0 Å². The second-order valence-corrected chi connectivity index (χ2v) is 4.86. The van der Waals surface area contributed by atoms with Crippen LogP contribution in [0.3, 0.4) is 0 Å². The Labute approximate surface area is 114 Å². The van der Waals surface area contributed by atoms with Crippen molar-refractivity contribution < 1.29 is 4.79 Å². The lowest BCUT2D eigenvalue weighted by atomic mass is 10.0. The molecule has 0 amide bonds. The van der Waals surface area contributed by atoms with Crippen LogP contribution in [-0.4, -0.2) is 5.78 Å². The zero-order valence-electron chi connectivity index (χ0n) is 11.2. The quantitative estimate of drug-likeness (QED) is 0.734. The summed E-state index contributed by atoms with van der Waals surface area (Å²) in [6.07, 6.45) is 1.37. The van der Waals surface area contributed by atoms with Crippen molar-refractivity contribution in [1.29, 1.82) is 0 Å². The average molecular weight is 250 g/mol. The van der Waals surface area contributed by atoms with Crippen molar-refractivity contribution in [3.05, 3.63) is 83.4 Å². The van der Waals surface area contributed by atoms with Crippen molar-refractivity contribution in [1.82, 2.24) is 0 Å². The molecule has 0 spiro atoms. The van der Waals surface area contributed by atoms with Crippen molar-refractivity contribution in [2.24, 2.45) is 0 Å². The number of Topliss-reactive ketones (excluding diaryl/α,β-unsaturated/α-hetero) is 1. The van der Waals surface area contributed by atoms with E-state index >= 15 is 0 Å². The molecule has 0 aliphatic carbocycles. The summed E-state index contributed by atoms with van der Waals surface area (Å²) < 4.78 is 0. The van der Waals surface area contributed by atoms with E-state index in [2.05, 4.69) is 43.0 Å². The highest BCUT2D eigenvalue weighted by Gasteiger charge is 2.04. The summed E-state index contributed by atoms with van der Waals surface area (Å²) >= 11 is 0. The first-order valence-corrected chi connectivity index (χ1v) is 6.45. The Morgan fingerprint density at radius 2 is 1.42 bits per heavy atom. The Morgan fingerprint density at radius 3 is 2.00 bits per heavy atom. The third kappa shape index (κ3) is 3.92. The molecule has 19 heavy (non-hydrogen) atoms. The van der Waals surface area contributed by atoms with Gasteiger partial charge in [0, 0.05) is 6.42 Å². The molecule has 0 N–H and O–H groups in total. The molecule has 2 rings (SSSR count). The summed E-state index contributed by atoms with van der Waals surface area (Å²) in [5, 5.41) is 0. The summed E-state index contributed by atoms with van der Waals surface area (Å²) in [4.78, 5) is 11.6. The molecule has 0 radical (unpaired) electrons. The van der Waals surface area contributed by atoms with Crippen molar-refractivity contribution in [3.8, 4) is 0 Å². The zero-order chi connectivity index (χ0) is 13.7. The normalized spacial score (nSPS) is 10.2. The molecule has 0 saturated carbocycles. The third-order valence-corrected chi connectivity index (χ3v) is 3.11. The molecule has 1 heteroatoms. The van der Waals surface area contributed by atoms with E-state index in [9.17, 15) is 4.79 Å². The van der Waals surface area contributed by atoms with Crippen molar-refractivity contribution in [2.75, 3.05) is 0 Å². The SMILES string of the molecule is C=C(C)C(=O)Cc1ccc(Cc2ccccc2)cc1. The predicted molar refractivity (Wildman–Crippen MR) is 79.2 cm³/mol. The topological polar surface area (TPSA) is 17.1 Å². The van der Waals surface area contributed by atoms with E-state index in [4.69, 9.17) is 0 Å². The second-order valence-electron chi connectivity index (χ2n) is 4.86. The van der Waals surface area contributed by atoms with Crippen LogP contribution in [0, 0.1) is 0 Å². The Hall–Kier alpha value is -2.15. The Bertz CT molecular complexity index is 564. The van der Waals surface area contributed by atoms with E-state index in [0.29, 0.717) is 12.0 Å². The minimum absolute atomic E-state index is 0.107. The van der Waals surface area contributed by atoms with Gasteiger partial charge < -0.3 is 0 Å². The lowest BCUT2D eigenvalue weighted by Crippen LogP contribution is -2.03. The fourth-order valence-electron chi connectivity index (χ4n) is 1.94. The molecule has 0 heterocycles. The van der Waals surface area contributed by atoms with Crippen LogP contribution in [0.25, 0.3) is 0 Å². The van der Waals surface area contributed by atoms with Crippen molar-refractivity contribution in [3.63, 3.8) is 0 Å². The molecular formula is C18H18O. The van der Waals surface area contributed by atoms with Gasteiger partial charge in [0.1, 0.15) is 0 Å². The molecule has 2 aromatic carbocycles. The number of carbonyl (C=O) groups is 1. The Balaban J connectivity index is 2.03. The summed E-state index contributed by atoms with van der Waals surface area (Å²) in [6, 6.07) is 18.6. The molecule has 2 aromatic rings. The number of rotatable bonds is 5. The zero-order valence-corrected chi connectivity index (χ0v) is 11.2. The van der Waals surface area contributed by atoms with Crippen LogP contribution in [0.15, 0.2) is 66.7 Å². The first kappa shape index (κ1) is 13.3. The maximum atomic E-state index is 11.6. The molecule has 0 fully saturated rings. The maximum Gasteiger partial charge on any atom is 0.162 e. The van der Waals surface area contributed by atoms with E-state index in [0.717, 1.165) is 12.0 Å². The van der Waals surface area contributed by atoms with Gasteiger partial charge in [0.15, 0.2) is 5.78 Å². The fraction of sp³-hybridized carbons (Fsp3) is 0.167. The van der Waals surface area contributed by atoms with Crippen LogP contribution in [0.5, 0.6) is 0 Å². The van der Waals surface area contributed by atoms with E-state index in [1.807, 2.05) is 18.2 Å². The summed E-state index contributed by atoms with van der Waals surface area (Å²) in [6.45, 7) is 5.43. The highest BCUT2D eigenvalue weighted by Crippen LogP contribution is 2.12. The lowest BCUT2D eigenvalue weighted by molar-refractivity contribution is -0.114. The van der Waals surface area contributed by atoms with Crippen LogP contribution in [0.4, 0.5) is 0 Å². The molecule has 0 aromatic heterocycles. The standard InChI is InChI=1S/C18H18O/c1-14(2)18(19)13-17-10-8-16(9-11-17)12-15-6-4-3-5-7-15/h3-11H,1,12-13H2,2H3. The largest absolute Gasteiger partial charge is 0.294 e. The molecule has 0 saturated heterocycles. The Kier molecular flexibility index (Phi) is 4.30. The van der Waals surface area contributed by atoms with Crippen LogP contribution in [-0.2, 0) is 17.6 Å². The molecule has 0 bridgehead atoms. The summed E-state index contributed by atoms with van der Waals surface area (Å²) in [5.41, 5.74) is 4.23. The van der Waals surface area contributed by atoms with Crippen LogP contribution in [0.1, 0.15) is 23.6 Å². The van der Waals surface area contributed by atoms with E-state index in [1.54, 1.807) is 6.92 Å². The van der Waals surface area contributed by atoms with Gasteiger partial charge >= 0.3 is 0 Å². The number of ketones is 1. The van der Waals surface area contributed by atoms with Crippen LogP contribution in [0.2, 0.25) is 0 Å². The minimum atomic E-state index is 0.107. The lowest BCUT2D eigenvalue weighted by Gasteiger charge is -2.04. The summed E-state index contributed by atoms with van der Waals surface area (Å²) in [7, 11) is 0. The van der Waals surface area contributed by atoms with E-state index in [1.165, 1.54) is 11.1 Å². The van der Waals surface area contributed by atoms with Crippen LogP contribution >= 0.6 is 0 Å². The van der Waals surface area contributed by atoms with Gasteiger partial charge in [-0.25, -0.2) is 0 Å². The Morgan fingerprint density at radius 1 is 0.895 bits per heavy atom. The average Bonchev–Trinajstić information content (AvgIpc) is 2.42. The van der Waals surface area contributed by atoms with Gasteiger partial charge in [-0.2, -0.15) is 0 Å². The van der Waals surface area contributed by atoms with Gasteiger partial charge in [0.05, 0.1) is 0 Å². The third-order valence-electron chi connectivity index (χ3n) is 3.11. The van der Waals surface area contributed by atoms with Crippen molar-refractivity contribution >= 4 is 5.78 Å². The van der Waals surface area contributed by atoms with Gasteiger partial charge in [0.25, 0.3) is 0 Å². The van der Waals surface area contributed by atoms with Gasteiger partial charge in [-0.05, 0) is 35.6 Å². The summed E-state index contributed by atoms with van der Waals surface area (Å²) in [5.74, 6) is 0.107. The molecule has 0 atom stereocenters. The number of hydrogen-bond acceptors (Lipinski definition) is 1. The smallest absolute Gasteiger partial charge is 0.162 e. The first-order chi connectivity index (χ1) is 9.15. The number of benzene rings is 2. The molecule has 0 aliphatic heterocycles. The second kappa shape index (κ2) is 6.14. The monoisotopic (exact) mass is 250 g/mol. The first-order valence-electron chi connectivity index (χ1n) is 6.45. The van der Waals surface area contributed by atoms with Gasteiger partial charge in [0.2, 0.25) is 0 Å². The highest BCUT2D eigenvalue weighted by atomic mass is 16.1. The van der Waals surface area contributed by atoms with Crippen molar-refractivity contribution in [2.45, 2.75) is 19.8 Å².